The maximum absolute atomic E-state index is 15.1. The molecule has 1 aliphatic carbocycles. The smallest absolute Gasteiger partial charge is 0.304 e. The minimum Gasteiger partial charge on any atom is -0.492 e. The van der Waals surface area contributed by atoms with Crippen molar-refractivity contribution in [3.63, 3.8) is 0 Å². The van der Waals surface area contributed by atoms with E-state index in [4.69, 9.17) is 14.6 Å². The lowest BCUT2D eigenvalue weighted by molar-refractivity contribution is -0.137. The van der Waals surface area contributed by atoms with Crippen LogP contribution in [0, 0.1) is 5.82 Å². The Morgan fingerprint density at radius 1 is 1.11 bits per heavy atom. The van der Waals surface area contributed by atoms with Gasteiger partial charge in [-0.15, -0.1) is 0 Å². The van der Waals surface area contributed by atoms with Crippen LogP contribution in [-0.4, -0.2) is 42.6 Å². The van der Waals surface area contributed by atoms with Crippen molar-refractivity contribution in [3.8, 4) is 22.6 Å². The number of carboxylic acids is 1. The van der Waals surface area contributed by atoms with E-state index in [0.717, 1.165) is 22.3 Å². The number of hydrogen-bond acceptors (Lipinski definition) is 4. The molecule has 1 aliphatic heterocycles. The first-order valence-corrected chi connectivity index (χ1v) is 11.6. The van der Waals surface area contributed by atoms with Crippen LogP contribution in [0.1, 0.15) is 51.9 Å². The molecule has 7 heteroatoms. The third kappa shape index (κ3) is 4.22. The van der Waals surface area contributed by atoms with Crippen LogP contribution in [-0.2, 0) is 11.2 Å². The number of carboxylic acid groups (broad SMARTS) is 1. The highest BCUT2D eigenvalue weighted by Crippen LogP contribution is 2.44. The van der Waals surface area contributed by atoms with Crippen LogP contribution in [0.25, 0.3) is 11.1 Å². The Kier molecular flexibility index (Phi) is 5.93. The Hall–Kier alpha value is -3.87. The van der Waals surface area contributed by atoms with Gasteiger partial charge in [0, 0.05) is 42.8 Å². The number of carbonyl (C=O) groups excluding carboxylic acids is 1. The summed E-state index contributed by atoms with van der Waals surface area (Å²) in [7, 11) is 3.42. The van der Waals surface area contributed by atoms with E-state index < -0.39 is 12.1 Å². The minimum absolute atomic E-state index is 0.00892. The maximum atomic E-state index is 15.1. The second kappa shape index (κ2) is 9.06. The van der Waals surface area contributed by atoms with Crippen LogP contribution in [0.4, 0.5) is 4.39 Å². The molecule has 0 spiro atoms. The van der Waals surface area contributed by atoms with Crippen molar-refractivity contribution >= 4 is 11.9 Å². The number of fused-ring (bicyclic) bond motifs is 2. The van der Waals surface area contributed by atoms with Crippen LogP contribution < -0.4 is 9.47 Å². The van der Waals surface area contributed by atoms with Crippen molar-refractivity contribution in [1.82, 2.24) is 4.90 Å². The summed E-state index contributed by atoms with van der Waals surface area (Å²) in [5.41, 5.74) is 4.41. The van der Waals surface area contributed by atoms with Crippen molar-refractivity contribution in [2.45, 2.75) is 31.3 Å². The minimum atomic E-state index is -0.866. The molecular weight excluding hydrogens is 449 g/mol. The predicted octanol–water partition coefficient (Wildman–Crippen LogP) is 5.21. The van der Waals surface area contributed by atoms with E-state index in [2.05, 4.69) is 0 Å². The number of halogens is 1. The van der Waals surface area contributed by atoms with Gasteiger partial charge in [0.15, 0.2) is 0 Å². The third-order valence-electron chi connectivity index (χ3n) is 6.70. The first-order chi connectivity index (χ1) is 16.8. The van der Waals surface area contributed by atoms with Gasteiger partial charge in [0.1, 0.15) is 23.4 Å². The summed E-state index contributed by atoms with van der Waals surface area (Å²) in [6.07, 6.45) is 0.761. The molecule has 2 aliphatic rings. The summed E-state index contributed by atoms with van der Waals surface area (Å²) < 4.78 is 27.0. The Labute approximate surface area is 202 Å². The molecule has 1 heterocycles. The fourth-order valence-electron chi connectivity index (χ4n) is 5.06. The molecule has 0 bridgehead atoms. The van der Waals surface area contributed by atoms with Gasteiger partial charge in [-0.25, -0.2) is 4.39 Å². The fourth-order valence-corrected chi connectivity index (χ4v) is 5.06. The van der Waals surface area contributed by atoms with Crippen molar-refractivity contribution < 1.29 is 28.6 Å². The van der Waals surface area contributed by atoms with Crippen LogP contribution in [0.15, 0.2) is 54.6 Å². The van der Waals surface area contributed by atoms with Gasteiger partial charge in [0.05, 0.1) is 13.0 Å². The second-order valence-electron chi connectivity index (χ2n) is 9.18. The summed E-state index contributed by atoms with van der Waals surface area (Å²) >= 11 is 0. The monoisotopic (exact) mass is 475 g/mol. The van der Waals surface area contributed by atoms with Gasteiger partial charge < -0.3 is 19.5 Å². The zero-order valence-electron chi connectivity index (χ0n) is 19.6. The van der Waals surface area contributed by atoms with Crippen LogP contribution in [0.5, 0.6) is 11.5 Å². The Morgan fingerprint density at radius 3 is 2.69 bits per heavy atom. The van der Waals surface area contributed by atoms with E-state index in [-0.39, 0.29) is 24.1 Å². The van der Waals surface area contributed by atoms with Crippen molar-refractivity contribution in [3.05, 3.63) is 82.7 Å². The molecule has 1 N–H and O–H groups in total. The first-order valence-electron chi connectivity index (χ1n) is 11.6. The average molecular weight is 476 g/mol. The molecular formula is C28H26FNO5. The number of nitrogens with zero attached hydrogens (tertiary/aromatic N) is 1. The molecule has 6 nitrogen and oxygen atoms in total. The second-order valence-corrected chi connectivity index (χ2v) is 9.18. The molecule has 0 radical (unpaired) electrons. The van der Waals surface area contributed by atoms with E-state index in [0.29, 0.717) is 42.1 Å². The van der Waals surface area contributed by atoms with Crippen LogP contribution >= 0.6 is 0 Å². The van der Waals surface area contributed by atoms with E-state index in [1.54, 1.807) is 38.4 Å². The molecule has 0 saturated heterocycles. The van der Waals surface area contributed by atoms with E-state index in [1.165, 1.54) is 11.0 Å². The lowest BCUT2D eigenvalue weighted by atomic mass is 9.92. The first kappa shape index (κ1) is 22.9. The topological polar surface area (TPSA) is 76.1 Å². The van der Waals surface area contributed by atoms with Gasteiger partial charge >= 0.3 is 5.97 Å². The third-order valence-corrected chi connectivity index (χ3v) is 6.70. The number of carbonyl (C=O) groups is 2. The molecule has 3 aromatic rings. The van der Waals surface area contributed by atoms with Gasteiger partial charge in [-0.3, -0.25) is 9.59 Å². The molecule has 180 valence electrons. The predicted molar refractivity (Wildman–Crippen MR) is 128 cm³/mol. The lowest BCUT2D eigenvalue weighted by Gasteiger charge is -2.19. The van der Waals surface area contributed by atoms with Gasteiger partial charge in [-0.05, 0) is 47.7 Å². The molecule has 5 rings (SSSR count). The number of rotatable bonds is 6. The van der Waals surface area contributed by atoms with Crippen LogP contribution in [0.3, 0.4) is 0 Å². The lowest BCUT2D eigenvalue weighted by Crippen LogP contribution is -2.22. The molecule has 0 saturated carbocycles. The standard InChI is InChI=1S/C28H26FNO5/c1-30(2)28(33)22-6-4-3-5-19(22)20-9-11-23(29)27-21(20)10-12-24(27)35-17-7-8-18-16(13-26(31)32)15-34-25(18)14-17/h3-9,11,14,16,24H,10,12-13,15H2,1-2H3,(H,31,32). The number of hydrogen-bond donors (Lipinski definition) is 1. The summed E-state index contributed by atoms with van der Waals surface area (Å²) in [6.45, 7) is 0.320. The van der Waals surface area contributed by atoms with E-state index >= 15 is 4.39 Å². The molecule has 35 heavy (non-hydrogen) atoms. The zero-order chi connectivity index (χ0) is 24.7. The van der Waals surface area contributed by atoms with Gasteiger partial charge in [0.25, 0.3) is 5.91 Å². The molecule has 0 fully saturated rings. The Bertz CT molecular complexity index is 1320. The van der Waals surface area contributed by atoms with Crippen molar-refractivity contribution in [2.75, 3.05) is 20.7 Å². The van der Waals surface area contributed by atoms with E-state index in [9.17, 15) is 9.59 Å². The maximum Gasteiger partial charge on any atom is 0.304 e. The Balaban J connectivity index is 1.46. The fraction of sp³-hybridized carbons (Fsp3) is 0.286. The molecule has 2 unspecified atom stereocenters. The average Bonchev–Trinajstić information content (AvgIpc) is 3.43. The molecule has 0 aromatic heterocycles. The Morgan fingerprint density at radius 2 is 1.91 bits per heavy atom. The summed E-state index contributed by atoms with van der Waals surface area (Å²) in [4.78, 5) is 25.4. The summed E-state index contributed by atoms with van der Waals surface area (Å²) in [6, 6.07) is 15.9. The number of ether oxygens (including phenoxy) is 2. The normalized spacial score (nSPS) is 17.9. The van der Waals surface area contributed by atoms with E-state index in [1.807, 2.05) is 24.3 Å². The SMILES string of the molecule is CN(C)C(=O)c1ccccc1-c1ccc(F)c2c1CCC2Oc1ccc2c(c1)OCC2CC(=O)O. The largest absolute Gasteiger partial charge is 0.492 e. The van der Waals surface area contributed by atoms with Crippen molar-refractivity contribution in [1.29, 1.82) is 0 Å². The van der Waals surface area contributed by atoms with Gasteiger partial charge in [-0.1, -0.05) is 30.3 Å². The highest BCUT2D eigenvalue weighted by atomic mass is 19.1. The summed E-state index contributed by atoms with van der Waals surface area (Å²) in [5.74, 6) is -0.337. The highest BCUT2D eigenvalue weighted by molar-refractivity contribution is 6.01. The number of benzene rings is 3. The quantitative estimate of drug-likeness (QED) is 0.530. The van der Waals surface area contributed by atoms with Gasteiger partial charge in [-0.2, -0.15) is 0 Å². The number of aliphatic carboxylic acids is 1. The number of amides is 1. The highest BCUT2D eigenvalue weighted by Gasteiger charge is 2.32. The zero-order valence-corrected chi connectivity index (χ0v) is 19.6. The molecule has 1 amide bonds. The molecule has 3 aromatic carbocycles. The van der Waals surface area contributed by atoms with Crippen LogP contribution in [0.2, 0.25) is 0 Å². The molecule has 2 atom stereocenters. The van der Waals surface area contributed by atoms with Gasteiger partial charge in [0.2, 0.25) is 0 Å². The van der Waals surface area contributed by atoms with Crippen molar-refractivity contribution in [2.24, 2.45) is 0 Å². The summed E-state index contributed by atoms with van der Waals surface area (Å²) in [5, 5.41) is 9.11.